The number of carbonyl (C=O) groups excluding carboxylic acids is 1. The Balaban J connectivity index is 2.10. The Labute approximate surface area is 123 Å². The summed E-state index contributed by atoms with van der Waals surface area (Å²) in [6.45, 7) is 7.65. The second-order valence-electron chi connectivity index (χ2n) is 4.73. The smallest absolute Gasteiger partial charge is 0.255 e. The van der Waals surface area contributed by atoms with Crippen molar-refractivity contribution >= 4 is 29.1 Å². The van der Waals surface area contributed by atoms with Gasteiger partial charge in [-0.2, -0.15) is 0 Å². The number of piperazine rings is 1. The summed E-state index contributed by atoms with van der Waals surface area (Å²) in [5.74, 6) is -0.0336. The van der Waals surface area contributed by atoms with Gasteiger partial charge >= 0.3 is 0 Å². The molecule has 1 fully saturated rings. The van der Waals surface area contributed by atoms with Crippen LogP contribution in [-0.4, -0.2) is 52.9 Å². The van der Waals surface area contributed by atoms with Crippen LogP contribution in [-0.2, 0) is 0 Å². The molecule has 2 heterocycles. The molecule has 0 spiro atoms. The van der Waals surface area contributed by atoms with Crippen LogP contribution in [0.3, 0.4) is 0 Å². The van der Waals surface area contributed by atoms with E-state index in [4.69, 9.17) is 23.2 Å². The molecule has 0 aromatic carbocycles. The zero-order valence-corrected chi connectivity index (χ0v) is 12.6. The van der Waals surface area contributed by atoms with Crippen LogP contribution in [0.1, 0.15) is 24.2 Å². The number of hydrogen-bond donors (Lipinski definition) is 0. The molecule has 104 valence electrons. The summed E-state index contributed by atoms with van der Waals surface area (Å²) < 4.78 is 0. The molecule has 0 radical (unpaired) electrons. The Morgan fingerprint density at radius 2 is 2.21 bits per heavy atom. The van der Waals surface area contributed by atoms with Crippen LogP contribution in [0.25, 0.3) is 0 Å². The average Bonchev–Trinajstić information content (AvgIpc) is 2.41. The minimum atomic E-state index is -0.0336. The van der Waals surface area contributed by atoms with Gasteiger partial charge in [0.1, 0.15) is 5.15 Å². The Morgan fingerprint density at radius 3 is 2.79 bits per heavy atom. The van der Waals surface area contributed by atoms with Crippen molar-refractivity contribution in [1.82, 2.24) is 14.8 Å². The van der Waals surface area contributed by atoms with E-state index in [9.17, 15) is 4.79 Å². The molecule has 0 saturated carbocycles. The molecule has 1 aromatic rings. The molecule has 1 aliphatic heterocycles. The zero-order chi connectivity index (χ0) is 14.0. The lowest BCUT2D eigenvalue weighted by Gasteiger charge is -2.39. The summed E-state index contributed by atoms with van der Waals surface area (Å²) in [6, 6.07) is 1.95. The van der Waals surface area contributed by atoms with Crippen molar-refractivity contribution in [3.8, 4) is 0 Å². The van der Waals surface area contributed by atoms with E-state index in [0.717, 1.165) is 26.2 Å². The average molecular weight is 302 g/mol. The highest BCUT2D eigenvalue weighted by Gasteiger charge is 2.26. The largest absolute Gasteiger partial charge is 0.336 e. The lowest BCUT2D eigenvalue weighted by Crippen LogP contribution is -2.53. The minimum absolute atomic E-state index is 0.0336. The van der Waals surface area contributed by atoms with Crippen molar-refractivity contribution in [2.45, 2.75) is 19.9 Å². The zero-order valence-electron chi connectivity index (χ0n) is 11.1. The van der Waals surface area contributed by atoms with Crippen molar-refractivity contribution in [3.05, 3.63) is 28.0 Å². The molecule has 1 aliphatic rings. The Morgan fingerprint density at radius 1 is 1.47 bits per heavy atom. The maximum atomic E-state index is 12.4. The molecule has 2 rings (SSSR count). The molecule has 0 bridgehead atoms. The molecular formula is C13H17Cl2N3O. The summed E-state index contributed by atoms with van der Waals surface area (Å²) >= 11 is 11.7. The summed E-state index contributed by atoms with van der Waals surface area (Å²) in [7, 11) is 0. The Hall–Kier alpha value is -0.840. The highest BCUT2D eigenvalue weighted by Crippen LogP contribution is 2.21. The number of hydrogen-bond acceptors (Lipinski definition) is 3. The molecule has 0 aliphatic carbocycles. The lowest BCUT2D eigenvalue weighted by atomic mass is 10.1. The van der Waals surface area contributed by atoms with Gasteiger partial charge in [-0.1, -0.05) is 30.1 Å². The third-order valence-corrected chi connectivity index (χ3v) is 4.19. The first-order valence-electron chi connectivity index (χ1n) is 6.37. The third-order valence-electron chi connectivity index (χ3n) is 3.50. The first-order valence-corrected chi connectivity index (χ1v) is 7.13. The van der Waals surface area contributed by atoms with E-state index >= 15 is 0 Å². The fraction of sp³-hybridized carbons (Fsp3) is 0.538. The van der Waals surface area contributed by atoms with Gasteiger partial charge in [0.15, 0.2) is 0 Å². The molecule has 6 heteroatoms. The van der Waals surface area contributed by atoms with Gasteiger partial charge in [0.05, 0.1) is 10.6 Å². The van der Waals surface area contributed by atoms with E-state index in [1.165, 1.54) is 6.20 Å². The number of aromatic nitrogens is 1. The van der Waals surface area contributed by atoms with Crippen LogP contribution in [0.5, 0.6) is 0 Å². The summed E-state index contributed by atoms with van der Waals surface area (Å²) in [4.78, 5) is 20.5. The normalized spacial score (nSPS) is 20.6. The number of rotatable bonds is 2. The van der Waals surface area contributed by atoms with Crippen LogP contribution in [0.15, 0.2) is 12.3 Å². The number of carbonyl (C=O) groups is 1. The molecule has 1 saturated heterocycles. The topological polar surface area (TPSA) is 36.4 Å². The van der Waals surface area contributed by atoms with E-state index in [1.807, 2.05) is 4.90 Å². The molecule has 4 nitrogen and oxygen atoms in total. The van der Waals surface area contributed by atoms with Gasteiger partial charge in [-0.25, -0.2) is 4.98 Å². The lowest BCUT2D eigenvalue weighted by molar-refractivity contribution is 0.0528. The molecular weight excluding hydrogens is 285 g/mol. The van der Waals surface area contributed by atoms with Gasteiger partial charge in [0.25, 0.3) is 5.91 Å². The Bertz CT molecular complexity index is 481. The number of halogens is 2. The monoisotopic (exact) mass is 301 g/mol. The van der Waals surface area contributed by atoms with Crippen LogP contribution in [0, 0.1) is 0 Å². The molecule has 1 aromatic heterocycles. The van der Waals surface area contributed by atoms with Gasteiger partial charge in [0.2, 0.25) is 0 Å². The Kier molecular flexibility index (Phi) is 4.66. The van der Waals surface area contributed by atoms with E-state index in [1.54, 1.807) is 6.07 Å². The highest BCUT2D eigenvalue weighted by molar-refractivity contribution is 6.41. The number of likely N-dealkylation sites (N-methyl/N-ethyl adjacent to an activating group) is 1. The van der Waals surface area contributed by atoms with Crippen molar-refractivity contribution in [2.24, 2.45) is 0 Å². The predicted octanol–water partition coefficient (Wildman–Crippen LogP) is 2.55. The van der Waals surface area contributed by atoms with Gasteiger partial charge in [0, 0.05) is 31.9 Å². The maximum absolute atomic E-state index is 12.4. The molecule has 1 unspecified atom stereocenters. The van der Waals surface area contributed by atoms with Crippen molar-refractivity contribution in [3.63, 3.8) is 0 Å². The second kappa shape index (κ2) is 6.07. The van der Waals surface area contributed by atoms with Crippen molar-refractivity contribution in [2.75, 3.05) is 26.2 Å². The van der Waals surface area contributed by atoms with E-state index in [-0.39, 0.29) is 11.1 Å². The molecule has 0 N–H and O–H groups in total. The standard InChI is InChI=1S/C13H17Cl2N3O/c1-3-17-4-5-18(8-9(17)2)13(19)10-6-11(14)12(15)16-7-10/h6-7,9H,3-5,8H2,1-2H3. The van der Waals surface area contributed by atoms with Crippen molar-refractivity contribution < 1.29 is 4.79 Å². The molecule has 1 amide bonds. The summed E-state index contributed by atoms with van der Waals surface area (Å²) in [5.41, 5.74) is 0.492. The first kappa shape index (κ1) is 14.6. The van der Waals surface area contributed by atoms with Gasteiger partial charge < -0.3 is 4.90 Å². The van der Waals surface area contributed by atoms with Crippen LogP contribution < -0.4 is 0 Å². The summed E-state index contributed by atoms with van der Waals surface area (Å²) in [5, 5.41) is 0.537. The van der Waals surface area contributed by atoms with E-state index in [0.29, 0.717) is 16.6 Å². The van der Waals surface area contributed by atoms with Gasteiger partial charge in [-0.05, 0) is 19.5 Å². The van der Waals surface area contributed by atoms with E-state index in [2.05, 4.69) is 23.7 Å². The molecule has 19 heavy (non-hydrogen) atoms. The third kappa shape index (κ3) is 3.19. The highest BCUT2D eigenvalue weighted by atomic mass is 35.5. The number of nitrogens with zero attached hydrogens (tertiary/aromatic N) is 3. The minimum Gasteiger partial charge on any atom is -0.336 e. The summed E-state index contributed by atoms with van der Waals surface area (Å²) in [6.07, 6.45) is 1.48. The fourth-order valence-electron chi connectivity index (χ4n) is 2.37. The van der Waals surface area contributed by atoms with Gasteiger partial charge in [-0.3, -0.25) is 9.69 Å². The van der Waals surface area contributed by atoms with Gasteiger partial charge in [-0.15, -0.1) is 0 Å². The van der Waals surface area contributed by atoms with Crippen LogP contribution in [0.4, 0.5) is 0 Å². The number of pyridine rings is 1. The van der Waals surface area contributed by atoms with E-state index < -0.39 is 0 Å². The van der Waals surface area contributed by atoms with Crippen molar-refractivity contribution in [1.29, 1.82) is 0 Å². The SMILES string of the molecule is CCN1CCN(C(=O)c2cnc(Cl)c(Cl)c2)CC1C. The van der Waals surface area contributed by atoms with Crippen LogP contribution in [0.2, 0.25) is 10.2 Å². The fourth-order valence-corrected chi connectivity index (χ4v) is 2.64. The quantitative estimate of drug-likeness (QED) is 0.788. The predicted molar refractivity (Wildman–Crippen MR) is 76.9 cm³/mol. The number of amides is 1. The second-order valence-corrected chi connectivity index (χ2v) is 5.49. The van der Waals surface area contributed by atoms with Crippen LogP contribution >= 0.6 is 23.2 Å². The molecule has 1 atom stereocenters. The maximum Gasteiger partial charge on any atom is 0.255 e. The first-order chi connectivity index (χ1) is 9.02.